The minimum atomic E-state index is -1.10. The molecule has 0 radical (unpaired) electrons. The van der Waals surface area contributed by atoms with Crippen LogP contribution in [0.5, 0.6) is 0 Å². The van der Waals surface area contributed by atoms with Gasteiger partial charge in [0.25, 0.3) is 0 Å². The van der Waals surface area contributed by atoms with E-state index >= 15 is 0 Å². The molecule has 0 spiro atoms. The van der Waals surface area contributed by atoms with E-state index in [4.69, 9.17) is 22.4 Å². The van der Waals surface area contributed by atoms with Crippen LogP contribution in [0.15, 0.2) is 4.47 Å². The number of carbonyl (C=O) groups is 1. The number of carboxylic acid groups (broad SMARTS) is 1. The van der Waals surface area contributed by atoms with Crippen LogP contribution in [-0.2, 0) is 11.2 Å². The van der Waals surface area contributed by atoms with Crippen LogP contribution in [0, 0.1) is 5.82 Å². The Kier molecular flexibility index (Phi) is 3.28. The molecule has 76 valence electrons. The third-order valence-corrected chi connectivity index (χ3v) is 2.59. The van der Waals surface area contributed by atoms with Gasteiger partial charge in [0, 0.05) is 0 Å². The number of nitrogens with two attached hydrogens (primary N) is 1. The Balaban J connectivity index is 3.25. The summed E-state index contributed by atoms with van der Waals surface area (Å²) in [6.07, 6.45) is -0.370. The van der Waals surface area contributed by atoms with E-state index in [0.29, 0.717) is 0 Å². The second kappa shape index (κ2) is 4.10. The van der Waals surface area contributed by atoms with Crippen LogP contribution in [0.25, 0.3) is 0 Å². The average Bonchev–Trinajstić information content (AvgIpc) is 2.10. The molecule has 0 aromatic carbocycles. The standard InChI is InChI=1S/C7H5BrClFN2O2/c8-4-2(1-3(13)14)12-7(9)5(10)6(4)11/h1H2,(H2,11,12)(H,13,14). The van der Waals surface area contributed by atoms with Crippen molar-refractivity contribution in [3.8, 4) is 0 Å². The van der Waals surface area contributed by atoms with Gasteiger partial charge >= 0.3 is 5.97 Å². The van der Waals surface area contributed by atoms with Crippen molar-refractivity contribution >= 4 is 39.2 Å². The Hall–Kier alpha value is -0.880. The summed E-state index contributed by atoms with van der Waals surface area (Å²) in [6, 6.07) is 0. The van der Waals surface area contributed by atoms with Gasteiger partial charge in [0.05, 0.1) is 22.3 Å². The Labute approximate surface area is 92.0 Å². The van der Waals surface area contributed by atoms with Crippen molar-refractivity contribution in [1.29, 1.82) is 0 Å². The van der Waals surface area contributed by atoms with E-state index in [-0.39, 0.29) is 22.3 Å². The third-order valence-electron chi connectivity index (χ3n) is 1.46. The van der Waals surface area contributed by atoms with E-state index in [2.05, 4.69) is 20.9 Å². The fourth-order valence-electron chi connectivity index (χ4n) is 0.840. The molecule has 0 fully saturated rings. The second-order valence-electron chi connectivity index (χ2n) is 2.46. The first-order valence-electron chi connectivity index (χ1n) is 3.44. The van der Waals surface area contributed by atoms with Gasteiger partial charge in [-0.2, -0.15) is 0 Å². The van der Waals surface area contributed by atoms with Crippen LogP contribution in [0.1, 0.15) is 5.69 Å². The molecule has 0 unspecified atom stereocenters. The maximum absolute atomic E-state index is 13.0. The maximum atomic E-state index is 13.0. The smallest absolute Gasteiger partial charge is 0.309 e. The molecule has 0 aliphatic rings. The first-order chi connectivity index (χ1) is 6.43. The fourth-order valence-corrected chi connectivity index (χ4v) is 1.45. The summed E-state index contributed by atoms with van der Waals surface area (Å²) in [4.78, 5) is 13.9. The zero-order valence-electron chi connectivity index (χ0n) is 6.72. The number of carboxylic acids is 1. The minimum Gasteiger partial charge on any atom is -0.481 e. The number of halogens is 3. The number of anilines is 1. The lowest BCUT2D eigenvalue weighted by atomic mass is 10.2. The Morgan fingerprint density at radius 3 is 2.79 bits per heavy atom. The SMILES string of the molecule is Nc1c(F)c(Cl)nc(CC(=O)O)c1Br. The van der Waals surface area contributed by atoms with Gasteiger partial charge in [0.2, 0.25) is 0 Å². The minimum absolute atomic E-state index is 0.0985. The Morgan fingerprint density at radius 2 is 2.29 bits per heavy atom. The lowest BCUT2D eigenvalue weighted by molar-refractivity contribution is -0.136. The van der Waals surface area contributed by atoms with Crippen LogP contribution in [-0.4, -0.2) is 16.1 Å². The zero-order valence-corrected chi connectivity index (χ0v) is 9.06. The second-order valence-corrected chi connectivity index (χ2v) is 3.61. The predicted molar refractivity (Wildman–Crippen MR) is 52.7 cm³/mol. The van der Waals surface area contributed by atoms with Gasteiger partial charge in [-0.3, -0.25) is 4.79 Å². The normalized spacial score (nSPS) is 10.2. The van der Waals surface area contributed by atoms with Crippen LogP contribution < -0.4 is 5.73 Å². The molecular formula is C7H5BrClFN2O2. The highest BCUT2D eigenvalue weighted by molar-refractivity contribution is 9.10. The number of aliphatic carboxylic acids is 1. The summed E-state index contributed by atoms with van der Waals surface area (Å²) in [5.74, 6) is -1.95. The fraction of sp³-hybridized carbons (Fsp3) is 0.143. The number of nitrogen functional groups attached to an aromatic ring is 1. The van der Waals surface area contributed by atoms with E-state index < -0.39 is 16.9 Å². The highest BCUT2D eigenvalue weighted by atomic mass is 79.9. The summed E-state index contributed by atoms with van der Waals surface area (Å²) < 4.78 is 13.1. The number of hydrogen-bond acceptors (Lipinski definition) is 3. The van der Waals surface area contributed by atoms with Gasteiger partial charge in [-0.25, -0.2) is 9.37 Å². The summed E-state index contributed by atoms with van der Waals surface area (Å²) in [7, 11) is 0. The van der Waals surface area contributed by atoms with Crippen molar-refractivity contribution < 1.29 is 14.3 Å². The molecule has 1 heterocycles. The van der Waals surface area contributed by atoms with Crippen LogP contribution in [0.4, 0.5) is 10.1 Å². The molecule has 4 nitrogen and oxygen atoms in total. The van der Waals surface area contributed by atoms with E-state index in [0.717, 1.165) is 0 Å². The molecule has 1 aromatic heterocycles. The quantitative estimate of drug-likeness (QED) is 0.812. The average molecular weight is 283 g/mol. The van der Waals surface area contributed by atoms with E-state index in [9.17, 15) is 9.18 Å². The molecule has 0 saturated heterocycles. The van der Waals surface area contributed by atoms with Crippen LogP contribution >= 0.6 is 27.5 Å². The van der Waals surface area contributed by atoms with Gasteiger partial charge in [0.15, 0.2) is 11.0 Å². The molecular weight excluding hydrogens is 278 g/mol. The lowest BCUT2D eigenvalue weighted by Crippen LogP contribution is -2.07. The van der Waals surface area contributed by atoms with Gasteiger partial charge < -0.3 is 10.8 Å². The molecule has 3 N–H and O–H groups in total. The van der Waals surface area contributed by atoms with E-state index in [1.54, 1.807) is 0 Å². The molecule has 1 aromatic rings. The van der Waals surface area contributed by atoms with Crippen molar-refractivity contribution in [2.24, 2.45) is 0 Å². The third kappa shape index (κ3) is 2.13. The number of rotatable bonds is 2. The highest BCUT2D eigenvalue weighted by Crippen LogP contribution is 2.29. The first-order valence-corrected chi connectivity index (χ1v) is 4.61. The number of aromatic nitrogens is 1. The summed E-state index contributed by atoms with van der Waals surface area (Å²) in [5.41, 5.74) is 5.18. The highest BCUT2D eigenvalue weighted by Gasteiger charge is 2.16. The van der Waals surface area contributed by atoms with E-state index in [1.165, 1.54) is 0 Å². The number of pyridine rings is 1. The molecule has 0 amide bonds. The molecule has 0 saturated carbocycles. The summed E-state index contributed by atoms with van der Waals surface area (Å²) in [5, 5.41) is 8.08. The molecule has 0 bridgehead atoms. The van der Waals surface area contributed by atoms with Crippen molar-refractivity contribution in [2.45, 2.75) is 6.42 Å². The topological polar surface area (TPSA) is 76.2 Å². The zero-order chi connectivity index (χ0) is 10.9. The Morgan fingerprint density at radius 1 is 1.71 bits per heavy atom. The van der Waals surface area contributed by atoms with Gasteiger partial charge in [0.1, 0.15) is 0 Å². The number of hydrogen-bond donors (Lipinski definition) is 2. The van der Waals surface area contributed by atoms with Gasteiger partial charge in [-0.1, -0.05) is 11.6 Å². The van der Waals surface area contributed by atoms with Crippen LogP contribution in [0.3, 0.4) is 0 Å². The maximum Gasteiger partial charge on any atom is 0.309 e. The van der Waals surface area contributed by atoms with Crippen LogP contribution in [0.2, 0.25) is 5.15 Å². The van der Waals surface area contributed by atoms with Crippen molar-refractivity contribution in [2.75, 3.05) is 5.73 Å². The van der Waals surface area contributed by atoms with Crippen molar-refractivity contribution in [1.82, 2.24) is 4.98 Å². The van der Waals surface area contributed by atoms with Crippen molar-refractivity contribution in [3.63, 3.8) is 0 Å². The van der Waals surface area contributed by atoms with E-state index in [1.807, 2.05) is 0 Å². The molecule has 7 heteroatoms. The molecule has 0 atom stereocenters. The molecule has 0 aliphatic carbocycles. The first kappa shape index (κ1) is 11.2. The Bertz CT molecular complexity index is 400. The number of nitrogens with zero attached hydrogens (tertiary/aromatic N) is 1. The van der Waals surface area contributed by atoms with Crippen molar-refractivity contribution in [3.05, 3.63) is 21.1 Å². The molecule has 1 rings (SSSR count). The lowest BCUT2D eigenvalue weighted by Gasteiger charge is -2.06. The molecule has 14 heavy (non-hydrogen) atoms. The van der Waals surface area contributed by atoms with Gasteiger partial charge in [-0.05, 0) is 15.9 Å². The molecule has 0 aliphatic heterocycles. The summed E-state index contributed by atoms with van der Waals surface area (Å²) >= 11 is 8.34. The monoisotopic (exact) mass is 282 g/mol. The largest absolute Gasteiger partial charge is 0.481 e. The van der Waals surface area contributed by atoms with Gasteiger partial charge in [-0.15, -0.1) is 0 Å². The predicted octanol–water partition coefficient (Wildman–Crippen LogP) is 1.85. The summed E-state index contributed by atoms with van der Waals surface area (Å²) in [6.45, 7) is 0.